The molecule has 0 aliphatic heterocycles. The van der Waals surface area contributed by atoms with Crippen molar-refractivity contribution in [2.75, 3.05) is 0 Å². The molecule has 1 aliphatic carbocycles. The van der Waals surface area contributed by atoms with Gasteiger partial charge >= 0.3 is 0 Å². The number of nitrogens with one attached hydrogen (secondary N) is 1. The normalized spacial score (nSPS) is 23.0. The van der Waals surface area contributed by atoms with Gasteiger partial charge in [-0.25, -0.2) is 13.4 Å². The summed E-state index contributed by atoms with van der Waals surface area (Å²) in [5.41, 5.74) is 0.450. The average Bonchev–Trinajstić information content (AvgIpc) is 3.16. The van der Waals surface area contributed by atoms with Crippen molar-refractivity contribution in [3.8, 4) is 5.75 Å². The molecule has 1 aromatic heterocycles. The van der Waals surface area contributed by atoms with Crippen LogP contribution in [0.3, 0.4) is 0 Å². The molecule has 8 heteroatoms. The van der Waals surface area contributed by atoms with Crippen molar-refractivity contribution in [2.24, 2.45) is 11.8 Å². The Balaban J connectivity index is 1.56. The highest BCUT2D eigenvalue weighted by atomic mass is 32.2. The fourth-order valence-corrected chi connectivity index (χ4v) is 5.74. The molecule has 1 aromatic carbocycles. The van der Waals surface area contributed by atoms with E-state index in [9.17, 15) is 13.2 Å². The Hall–Kier alpha value is -1.93. The van der Waals surface area contributed by atoms with E-state index in [0.29, 0.717) is 22.5 Å². The van der Waals surface area contributed by atoms with Crippen molar-refractivity contribution in [2.45, 2.75) is 63.7 Å². The van der Waals surface area contributed by atoms with Gasteiger partial charge in [0.15, 0.2) is 9.84 Å². The molecule has 0 spiro atoms. The number of rotatable bonds is 8. The highest BCUT2D eigenvalue weighted by Crippen LogP contribution is 2.29. The number of amides is 1. The van der Waals surface area contributed by atoms with Crippen LogP contribution in [0.1, 0.15) is 50.7 Å². The third-order valence-corrected chi connectivity index (χ3v) is 8.86. The number of benzene rings is 1. The minimum absolute atomic E-state index is 0.0416. The molecule has 0 saturated heterocycles. The van der Waals surface area contributed by atoms with Crippen LogP contribution in [0.15, 0.2) is 35.7 Å². The number of aromatic nitrogens is 1. The van der Waals surface area contributed by atoms with E-state index in [-0.39, 0.29) is 18.4 Å². The van der Waals surface area contributed by atoms with Crippen LogP contribution in [0, 0.1) is 11.8 Å². The smallest absolute Gasteiger partial charge is 0.238 e. The summed E-state index contributed by atoms with van der Waals surface area (Å²) in [6.07, 6.45) is 3.12. The fraction of sp³-hybridized carbons (Fsp3) is 0.545. The van der Waals surface area contributed by atoms with Gasteiger partial charge in [0.25, 0.3) is 0 Å². The molecule has 1 amide bonds. The molecular weight excluding hydrogens is 420 g/mol. The van der Waals surface area contributed by atoms with E-state index >= 15 is 0 Å². The zero-order valence-electron chi connectivity index (χ0n) is 17.7. The Kier molecular flexibility index (Phi) is 7.52. The van der Waals surface area contributed by atoms with Crippen molar-refractivity contribution < 1.29 is 17.9 Å². The number of sulfone groups is 1. The van der Waals surface area contributed by atoms with E-state index in [0.717, 1.165) is 25.0 Å². The molecule has 3 rings (SSSR count). The molecule has 4 atom stereocenters. The maximum Gasteiger partial charge on any atom is 0.238 e. The van der Waals surface area contributed by atoms with Gasteiger partial charge in [0.05, 0.1) is 11.4 Å². The second-order valence-electron chi connectivity index (χ2n) is 8.17. The van der Waals surface area contributed by atoms with Crippen LogP contribution in [0.5, 0.6) is 5.75 Å². The summed E-state index contributed by atoms with van der Waals surface area (Å²) >= 11 is 1.36. The fourth-order valence-electron chi connectivity index (χ4n) is 3.72. The number of carbonyl (C=O) groups is 1. The largest absolute Gasteiger partial charge is 0.486 e. The van der Waals surface area contributed by atoms with Gasteiger partial charge in [-0.3, -0.25) is 4.79 Å². The third kappa shape index (κ3) is 5.82. The molecule has 0 bridgehead atoms. The van der Waals surface area contributed by atoms with Gasteiger partial charge in [0.2, 0.25) is 5.91 Å². The lowest BCUT2D eigenvalue weighted by Crippen LogP contribution is -2.48. The summed E-state index contributed by atoms with van der Waals surface area (Å²) in [6, 6.07) is 9.43. The standard InChI is InChI=1S/C22H30N2O4S2/c1-15-8-7-11-20(16(15)2)24-22(25)17(3)30(26,27)14-18-13-29-21(23-18)12-28-19-9-5-4-6-10-19/h4-6,9-10,13,15-17,20H,7-8,11-12,14H2,1-3H3,(H,24,25). The minimum Gasteiger partial charge on any atom is -0.486 e. The number of thiazole rings is 1. The summed E-state index contributed by atoms with van der Waals surface area (Å²) < 4.78 is 31.2. The summed E-state index contributed by atoms with van der Waals surface area (Å²) in [5.74, 6) is 0.952. The number of hydrogen-bond acceptors (Lipinski definition) is 6. The molecule has 6 nitrogen and oxygen atoms in total. The Labute approximate surface area is 183 Å². The molecule has 164 valence electrons. The second kappa shape index (κ2) is 9.92. The summed E-state index contributed by atoms with van der Waals surface area (Å²) in [6.45, 7) is 6.06. The maximum atomic E-state index is 12.8. The lowest BCUT2D eigenvalue weighted by atomic mass is 9.78. The molecule has 1 fully saturated rings. The number of carbonyl (C=O) groups excluding carboxylic acids is 1. The predicted molar refractivity (Wildman–Crippen MR) is 119 cm³/mol. The van der Waals surface area contributed by atoms with Crippen LogP contribution in [-0.2, 0) is 27.0 Å². The maximum absolute atomic E-state index is 12.8. The number of ether oxygens (including phenoxy) is 1. The average molecular weight is 451 g/mol. The molecular formula is C22H30N2O4S2. The highest BCUT2D eigenvalue weighted by Gasteiger charge is 2.33. The zero-order valence-corrected chi connectivity index (χ0v) is 19.3. The highest BCUT2D eigenvalue weighted by molar-refractivity contribution is 7.92. The molecule has 0 radical (unpaired) electrons. The van der Waals surface area contributed by atoms with Crippen LogP contribution in [0.25, 0.3) is 0 Å². The first kappa shape index (κ1) is 22.7. The van der Waals surface area contributed by atoms with Gasteiger partial charge < -0.3 is 10.1 Å². The first-order valence-electron chi connectivity index (χ1n) is 10.4. The summed E-state index contributed by atoms with van der Waals surface area (Å²) in [7, 11) is -3.66. The number of nitrogens with zero attached hydrogens (tertiary/aromatic N) is 1. The van der Waals surface area contributed by atoms with E-state index in [1.54, 1.807) is 5.38 Å². The van der Waals surface area contributed by atoms with Gasteiger partial charge in [-0.1, -0.05) is 44.9 Å². The monoisotopic (exact) mass is 450 g/mol. The van der Waals surface area contributed by atoms with Crippen molar-refractivity contribution in [1.29, 1.82) is 0 Å². The van der Waals surface area contributed by atoms with Crippen LogP contribution in [-0.4, -0.2) is 30.6 Å². The zero-order chi connectivity index (χ0) is 21.7. The quantitative estimate of drug-likeness (QED) is 0.658. The molecule has 30 heavy (non-hydrogen) atoms. The number of hydrogen-bond donors (Lipinski definition) is 1. The molecule has 4 unspecified atom stereocenters. The van der Waals surface area contributed by atoms with Crippen LogP contribution < -0.4 is 10.1 Å². The van der Waals surface area contributed by atoms with Crippen LogP contribution >= 0.6 is 11.3 Å². The van der Waals surface area contributed by atoms with Crippen molar-refractivity contribution in [3.63, 3.8) is 0 Å². The van der Waals surface area contributed by atoms with Crippen molar-refractivity contribution >= 4 is 27.1 Å². The second-order valence-corrected chi connectivity index (χ2v) is 11.4. The van der Waals surface area contributed by atoms with E-state index < -0.39 is 21.0 Å². The molecule has 1 heterocycles. The van der Waals surface area contributed by atoms with Gasteiger partial charge in [-0.05, 0) is 37.3 Å². The summed E-state index contributed by atoms with van der Waals surface area (Å²) in [5, 5.41) is 4.29. The molecule has 1 saturated carbocycles. The van der Waals surface area contributed by atoms with Gasteiger partial charge in [-0.15, -0.1) is 11.3 Å². The lowest BCUT2D eigenvalue weighted by molar-refractivity contribution is -0.121. The van der Waals surface area contributed by atoms with E-state index in [1.807, 2.05) is 30.3 Å². The van der Waals surface area contributed by atoms with Gasteiger partial charge in [-0.2, -0.15) is 0 Å². The van der Waals surface area contributed by atoms with Crippen molar-refractivity contribution in [1.82, 2.24) is 10.3 Å². The van der Waals surface area contributed by atoms with Crippen LogP contribution in [0.2, 0.25) is 0 Å². The van der Waals surface area contributed by atoms with E-state index in [2.05, 4.69) is 24.1 Å². The summed E-state index contributed by atoms with van der Waals surface area (Å²) in [4.78, 5) is 17.0. The first-order valence-corrected chi connectivity index (χ1v) is 13.0. The SMILES string of the molecule is CC1CCCC(NC(=O)C(C)S(=O)(=O)Cc2csc(COc3ccccc3)n2)C1C. The topological polar surface area (TPSA) is 85.4 Å². The Morgan fingerprint density at radius 1 is 1.27 bits per heavy atom. The van der Waals surface area contributed by atoms with E-state index in [4.69, 9.17) is 4.74 Å². The van der Waals surface area contributed by atoms with Crippen molar-refractivity contribution in [3.05, 3.63) is 46.4 Å². The van der Waals surface area contributed by atoms with Gasteiger partial charge in [0, 0.05) is 11.4 Å². The van der Waals surface area contributed by atoms with Crippen LogP contribution in [0.4, 0.5) is 0 Å². The molecule has 1 aliphatic rings. The Morgan fingerprint density at radius 3 is 2.73 bits per heavy atom. The Bertz CT molecular complexity index is 943. The number of para-hydroxylation sites is 1. The third-order valence-electron chi connectivity index (χ3n) is 6.00. The lowest BCUT2D eigenvalue weighted by Gasteiger charge is -2.35. The predicted octanol–water partition coefficient (Wildman–Crippen LogP) is 3.97. The first-order chi connectivity index (χ1) is 14.3. The molecule has 2 aromatic rings. The molecule has 1 N–H and O–H groups in total. The Morgan fingerprint density at radius 2 is 2.00 bits per heavy atom. The van der Waals surface area contributed by atoms with E-state index in [1.165, 1.54) is 18.3 Å². The van der Waals surface area contributed by atoms with Gasteiger partial charge in [0.1, 0.15) is 22.6 Å². The minimum atomic E-state index is -3.66.